The van der Waals surface area contributed by atoms with Gasteiger partial charge >= 0.3 is 0 Å². The number of morpholine rings is 1. The highest BCUT2D eigenvalue weighted by atomic mass is 19.1. The van der Waals surface area contributed by atoms with Gasteiger partial charge in [0, 0.05) is 18.2 Å². The van der Waals surface area contributed by atoms with Crippen molar-refractivity contribution in [3.63, 3.8) is 0 Å². The minimum absolute atomic E-state index is 0.0495. The first-order chi connectivity index (χ1) is 8.99. The van der Waals surface area contributed by atoms with Crippen LogP contribution < -0.4 is 5.73 Å². The molecule has 2 amide bonds. The van der Waals surface area contributed by atoms with Gasteiger partial charge in [0.1, 0.15) is 24.8 Å². The lowest BCUT2D eigenvalue weighted by Gasteiger charge is -2.27. The van der Waals surface area contributed by atoms with Crippen LogP contribution in [0.3, 0.4) is 0 Å². The Bertz CT molecular complexity index is 506. The Morgan fingerprint density at radius 3 is 2.47 bits per heavy atom. The zero-order chi connectivity index (χ0) is 14.0. The number of amides is 2. The van der Waals surface area contributed by atoms with Crippen molar-refractivity contribution in [1.29, 1.82) is 0 Å². The molecule has 1 aliphatic rings. The molecule has 0 bridgehead atoms. The number of hydrogen-bond donors (Lipinski definition) is 1. The number of carbonyl (C=O) groups excluding carboxylic acids is 2. The Morgan fingerprint density at radius 2 is 1.89 bits per heavy atom. The van der Waals surface area contributed by atoms with Crippen molar-refractivity contribution in [3.8, 4) is 0 Å². The molecule has 1 fully saturated rings. The van der Waals surface area contributed by atoms with E-state index < -0.39 is 29.5 Å². The van der Waals surface area contributed by atoms with Crippen LogP contribution in [0, 0.1) is 11.6 Å². The summed E-state index contributed by atoms with van der Waals surface area (Å²) in [5.74, 6) is -2.56. The molecule has 2 N–H and O–H groups in total. The van der Waals surface area contributed by atoms with Gasteiger partial charge < -0.3 is 10.5 Å². The maximum Gasteiger partial charge on any atom is 0.255 e. The van der Waals surface area contributed by atoms with Crippen molar-refractivity contribution < 1.29 is 23.1 Å². The lowest BCUT2D eigenvalue weighted by Crippen LogP contribution is -2.48. The second kappa shape index (κ2) is 5.41. The summed E-state index contributed by atoms with van der Waals surface area (Å²) in [7, 11) is 0. The molecule has 1 saturated heterocycles. The molecule has 5 nitrogen and oxygen atoms in total. The monoisotopic (exact) mass is 270 g/mol. The second-order valence-electron chi connectivity index (χ2n) is 4.16. The van der Waals surface area contributed by atoms with Gasteiger partial charge in [-0.1, -0.05) is 6.07 Å². The lowest BCUT2D eigenvalue weighted by atomic mass is 10.1. The van der Waals surface area contributed by atoms with E-state index in [-0.39, 0.29) is 25.3 Å². The molecule has 19 heavy (non-hydrogen) atoms. The summed E-state index contributed by atoms with van der Waals surface area (Å²) in [6.45, 7) is -0.571. The number of nitrogens with zero attached hydrogens (tertiary/aromatic N) is 1. The third-order valence-corrected chi connectivity index (χ3v) is 2.79. The molecule has 1 aliphatic heterocycles. The van der Waals surface area contributed by atoms with Crippen LogP contribution >= 0.6 is 0 Å². The topological polar surface area (TPSA) is 72.6 Å². The van der Waals surface area contributed by atoms with Crippen LogP contribution in [-0.4, -0.2) is 36.5 Å². The molecule has 1 heterocycles. The van der Waals surface area contributed by atoms with E-state index in [1.54, 1.807) is 0 Å². The fourth-order valence-corrected chi connectivity index (χ4v) is 1.82. The molecule has 2 rings (SSSR count). The summed E-state index contributed by atoms with van der Waals surface area (Å²) in [5, 5.41) is 0. The predicted octanol–water partition coefficient (Wildman–Crippen LogP) is 0.350. The smallest absolute Gasteiger partial charge is 0.255 e. The van der Waals surface area contributed by atoms with E-state index in [9.17, 15) is 18.4 Å². The van der Waals surface area contributed by atoms with Crippen LogP contribution in [0.25, 0.3) is 0 Å². The minimum Gasteiger partial charge on any atom is -0.362 e. The number of benzene rings is 1. The Kier molecular flexibility index (Phi) is 3.87. The zero-order valence-corrected chi connectivity index (χ0v) is 9.94. The van der Waals surface area contributed by atoms with E-state index in [4.69, 9.17) is 10.5 Å². The van der Waals surface area contributed by atoms with Crippen molar-refractivity contribution in [2.45, 2.75) is 6.04 Å². The average molecular weight is 270 g/mol. The van der Waals surface area contributed by atoms with Crippen LogP contribution in [0.1, 0.15) is 11.6 Å². The van der Waals surface area contributed by atoms with Crippen LogP contribution in [0.15, 0.2) is 18.2 Å². The van der Waals surface area contributed by atoms with E-state index >= 15 is 0 Å². The first-order valence-corrected chi connectivity index (χ1v) is 5.60. The first-order valence-electron chi connectivity index (χ1n) is 5.60. The molecule has 0 spiro atoms. The molecule has 0 aliphatic carbocycles. The van der Waals surface area contributed by atoms with Crippen LogP contribution in [0.4, 0.5) is 8.78 Å². The van der Waals surface area contributed by atoms with Gasteiger partial charge in [0.25, 0.3) is 11.8 Å². The average Bonchev–Trinajstić information content (AvgIpc) is 2.33. The highest BCUT2D eigenvalue weighted by Gasteiger charge is 2.29. The lowest BCUT2D eigenvalue weighted by molar-refractivity contribution is -0.158. The molecule has 1 atom stereocenters. The molecule has 1 aromatic carbocycles. The van der Waals surface area contributed by atoms with E-state index in [0.717, 1.165) is 11.0 Å². The van der Waals surface area contributed by atoms with Crippen molar-refractivity contribution in [3.05, 3.63) is 35.4 Å². The van der Waals surface area contributed by atoms with Crippen molar-refractivity contribution in [1.82, 2.24) is 4.90 Å². The summed E-state index contributed by atoms with van der Waals surface area (Å²) in [6, 6.07) is 2.07. The molecule has 0 radical (unpaired) electrons. The Balaban J connectivity index is 2.13. The van der Waals surface area contributed by atoms with E-state index in [1.165, 1.54) is 6.07 Å². The number of rotatable bonds is 3. The number of nitrogens with two attached hydrogens (primary N) is 1. The quantitative estimate of drug-likeness (QED) is 0.804. The summed E-state index contributed by atoms with van der Waals surface area (Å²) in [4.78, 5) is 23.9. The highest BCUT2D eigenvalue weighted by Crippen LogP contribution is 2.18. The summed E-state index contributed by atoms with van der Waals surface area (Å²) < 4.78 is 31.0. The van der Waals surface area contributed by atoms with Crippen molar-refractivity contribution >= 4 is 11.8 Å². The summed E-state index contributed by atoms with van der Waals surface area (Å²) >= 11 is 0. The molecule has 0 aromatic heterocycles. The van der Waals surface area contributed by atoms with E-state index in [2.05, 4.69) is 0 Å². The number of hydrogen-bond acceptors (Lipinski definition) is 4. The van der Waals surface area contributed by atoms with Gasteiger partial charge in [0.2, 0.25) is 0 Å². The first kappa shape index (κ1) is 13.6. The van der Waals surface area contributed by atoms with Gasteiger partial charge in [-0.15, -0.1) is 0 Å². The van der Waals surface area contributed by atoms with Gasteiger partial charge in [0.15, 0.2) is 0 Å². The summed E-state index contributed by atoms with van der Waals surface area (Å²) in [5.41, 5.74) is 5.80. The minimum atomic E-state index is -0.911. The third-order valence-electron chi connectivity index (χ3n) is 2.79. The largest absolute Gasteiger partial charge is 0.362 e. The van der Waals surface area contributed by atoms with E-state index in [0.29, 0.717) is 6.07 Å². The molecule has 1 unspecified atom stereocenters. The summed E-state index contributed by atoms with van der Waals surface area (Å²) in [6.07, 6.45) is 0. The fraction of sp³-hybridized carbons (Fsp3) is 0.333. The molecule has 1 aromatic rings. The Morgan fingerprint density at radius 1 is 1.26 bits per heavy atom. The second-order valence-corrected chi connectivity index (χ2v) is 4.16. The zero-order valence-electron chi connectivity index (χ0n) is 9.94. The number of imide groups is 1. The Hall–Kier alpha value is -1.86. The van der Waals surface area contributed by atoms with Gasteiger partial charge in [-0.2, -0.15) is 0 Å². The number of ether oxygens (including phenoxy) is 1. The van der Waals surface area contributed by atoms with Crippen LogP contribution in [0.5, 0.6) is 0 Å². The van der Waals surface area contributed by atoms with Crippen LogP contribution in [-0.2, 0) is 14.3 Å². The van der Waals surface area contributed by atoms with Gasteiger partial charge in [-0.25, -0.2) is 8.78 Å². The number of halogens is 2. The Labute approximate surface area is 107 Å². The molecular formula is C12H12F2N2O3. The van der Waals surface area contributed by atoms with Crippen LogP contribution in [0.2, 0.25) is 0 Å². The standard InChI is InChI=1S/C12H12F2N2O3/c13-7-1-2-8(9(14)3-7)10(15)4-16-11(17)5-19-6-12(16)18/h1-3,10H,4-6,15H2. The van der Waals surface area contributed by atoms with Gasteiger partial charge in [-0.3, -0.25) is 14.5 Å². The van der Waals surface area contributed by atoms with E-state index in [1.807, 2.05) is 0 Å². The normalized spacial score (nSPS) is 17.7. The highest BCUT2D eigenvalue weighted by molar-refractivity contribution is 5.98. The fourth-order valence-electron chi connectivity index (χ4n) is 1.82. The SMILES string of the molecule is NC(CN1C(=O)COCC1=O)c1ccc(F)cc1F. The van der Waals surface area contributed by atoms with Crippen molar-refractivity contribution in [2.75, 3.05) is 19.8 Å². The maximum absolute atomic E-state index is 13.5. The van der Waals surface area contributed by atoms with Gasteiger partial charge in [0.05, 0.1) is 6.04 Å². The molecule has 0 saturated carbocycles. The predicted molar refractivity (Wildman–Crippen MR) is 60.8 cm³/mol. The van der Waals surface area contributed by atoms with Gasteiger partial charge in [-0.05, 0) is 6.07 Å². The molecule has 102 valence electrons. The molecular weight excluding hydrogens is 258 g/mol. The third kappa shape index (κ3) is 2.94. The maximum atomic E-state index is 13.5. The van der Waals surface area contributed by atoms with Crippen molar-refractivity contribution in [2.24, 2.45) is 5.73 Å². The molecule has 7 heteroatoms. The number of carbonyl (C=O) groups is 2.